The van der Waals surface area contributed by atoms with Crippen molar-refractivity contribution < 1.29 is 4.21 Å². The normalized spacial score (nSPS) is 26.3. The van der Waals surface area contributed by atoms with Crippen molar-refractivity contribution in [1.29, 1.82) is 0 Å². The third-order valence-corrected chi connectivity index (χ3v) is 5.19. The minimum absolute atomic E-state index is 0.428. The Morgan fingerprint density at radius 1 is 1.32 bits per heavy atom. The highest BCUT2D eigenvalue weighted by Gasteiger charge is 2.30. The molecule has 1 aliphatic rings. The lowest BCUT2D eigenvalue weighted by Crippen LogP contribution is -2.27. The molecule has 0 radical (unpaired) electrons. The topological polar surface area (TPSA) is 47.8 Å². The Morgan fingerprint density at radius 3 is 2.47 bits per heavy atom. The van der Waals surface area contributed by atoms with Gasteiger partial charge in [-0.05, 0) is 42.9 Å². The zero-order chi connectivity index (χ0) is 14.0. The van der Waals surface area contributed by atoms with Gasteiger partial charge in [0.25, 0.3) is 0 Å². The van der Waals surface area contributed by atoms with E-state index in [-0.39, 0.29) is 0 Å². The van der Waals surface area contributed by atoms with Crippen LogP contribution in [0.2, 0.25) is 0 Å². The quantitative estimate of drug-likeness (QED) is 0.857. The smallest absolute Gasteiger partial charge is 0.221 e. The van der Waals surface area contributed by atoms with Crippen molar-refractivity contribution in [3.63, 3.8) is 0 Å². The average Bonchev–Trinajstić information content (AvgIpc) is 2.77. The van der Waals surface area contributed by atoms with Gasteiger partial charge < -0.3 is 4.57 Å². The first-order valence-electron chi connectivity index (χ1n) is 7.09. The van der Waals surface area contributed by atoms with E-state index in [1.807, 2.05) is 4.57 Å². The molecule has 0 aliphatic heterocycles. The summed E-state index contributed by atoms with van der Waals surface area (Å²) in [6.45, 7) is 7.95. The Balaban J connectivity index is 1.92. The summed E-state index contributed by atoms with van der Waals surface area (Å²) >= 11 is 0. The molecule has 0 saturated heterocycles. The molecule has 0 spiro atoms. The van der Waals surface area contributed by atoms with E-state index >= 15 is 0 Å². The maximum atomic E-state index is 11.5. The highest BCUT2D eigenvalue weighted by Crippen LogP contribution is 2.40. The highest BCUT2D eigenvalue weighted by molar-refractivity contribution is 7.84. The van der Waals surface area contributed by atoms with Crippen LogP contribution in [-0.2, 0) is 17.3 Å². The Morgan fingerprint density at radius 2 is 1.95 bits per heavy atom. The van der Waals surface area contributed by atoms with E-state index in [0.717, 1.165) is 12.5 Å². The van der Waals surface area contributed by atoms with Crippen LogP contribution in [0.25, 0.3) is 0 Å². The molecule has 0 amide bonds. The van der Waals surface area contributed by atoms with Crippen molar-refractivity contribution in [2.24, 2.45) is 17.3 Å². The average molecular weight is 283 g/mol. The minimum atomic E-state index is -1.05. The number of hydrogen-bond donors (Lipinski definition) is 0. The van der Waals surface area contributed by atoms with E-state index in [4.69, 9.17) is 0 Å². The second-order valence-electron chi connectivity index (χ2n) is 6.80. The lowest BCUT2D eigenvalue weighted by Gasteiger charge is -2.37. The molecule has 5 heteroatoms. The van der Waals surface area contributed by atoms with E-state index in [1.165, 1.54) is 25.7 Å². The molecule has 1 heterocycles. The number of hydrogen-bond acceptors (Lipinski definition) is 3. The van der Waals surface area contributed by atoms with Gasteiger partial charge in [0.15, 0.2) is 0 Å². The van der Waals surface area contributed by atoms with Crippen LogP contribution in [0, 0.1) is 17.3 Å². The summed E-state index contributed by atoms with van der Waals surface area (Å²) in [4.78, 5) is 0. The monoisotopic (exact) mass is 283 g/mol. The van der Waals surface area contributed by atoms with E-state index < -0.39 is 10.8 Å². The summed E-state index contributed by atoms with van der Waals surface area (Å²) in [5, 5.41) is 8.44. The van der Waals surface area contributed by atoms with Crippen LogP contribution in [0.4, 0.5) is 0 Å². The van der Waals surface area contributed by atoms with Crippen molar-refractivity contribution in [2.75, 3.05) is 6.26 Å². The number of rotatable bonds is 3. The van der Waals surface area contributed by atoms with E-state index in [0.29, 0.717) is 16.5 Å². The molecular weight excluding hydrogens is 258 g/mol. The third-order valence-electron chi connectivity index (χ3n) is 4.36. The van der Waals surface area contributed by atoms with Crippen LogP contribution < -0.4 is 0 Å². The molecule has 0 N–H and O–H groups in total. The summed E-state index contributed by atoms with van der Waals surface area (Å²) in [5.41, 5.74) is 0.428. The van der Waals surface area contributed by atoms with Crippen LogP contribution in [0.5, 0.6) is 0 Å². The first-order chi connectivity index (χ1) is 8.88. The molecule has 0 unspecified atom stereocenters. The Bertz CT molecular complexity index is 442. The fourth-order valence-corrected chi connectivity index (χ4v) is 3.70. The van der Waals surface area contributed by atoms with Gasteiger partial charge in [-0.15, -0.1) is 10.2 Å². The summed E-state index contributed by atoms with van der Waals surface area (Å²) in [6.07, 6.45) is 8.51. The zero-order valence-electron chi connectivity index (χ0n) is 12.4. The zero-order valence-corrected chi connectivity index (χ0v) is 13.2. The second kappa shape index (κ2) is 5.73. The van der Waals surface area contributed by atoms with Gasteiger partial charge in [-0.1, -0.05) is 20.8 Å². The molecule has 1 aromatic rings. The van der Waals surface area contributed by atoms with Gasteiger partial charge in [0.1, 0.15) is 6.33 Å². The third kappa shape index (κ3) is 3.65. The SMILES string of the molecule is C[S@](=O)c1nncn1CC1CCC(C(C)(C)C)CC1. The Hall–Kier alpha value is -0.710. The van der Waals surface area contributed by atoms with Crippen molar-refractivity contribution in [3.05, 3.63) is 6.33 Å². The molecule has 0 bridgehead atoms. The molecule has 1 aliphatic carbocycles. The molecule has 4 nitrogen and oxygen atoms in total. The predicted octanol–water partition coefficient (Wildman–Crippen LogP) is 2.87. The lowest BCUT2D eigenvalue weighted by molar-refractivity contribution is 0.142. The number of nitrogens with zero attached hydrogens (tertiary/aromatic N) is 3. The van der Waals surface area contributed by atoms with Crippen LogP contribution in [0.3, 0.4) is 0 Å². The van der Waals surface area contributed by atoms with Gasteiger partial charge in [0, 0.05) is 12.8 Å². The highest BCUT2D eigenvalue weighted by atomic mass is 32.2. The van der Waals surface area contributed by atoms with Crippen molar-refractivity contribution >= 4 is 10.8 Å². The van der Waals surface area contributed by atoms with Gasteiger partial charge >= 0.3 is 0 Å². The maximum Gasteiger partial charge on any atom is 0.221 e. The van der Waals surface area contributed by atoms with Crippen molar-refractivity contribution in [1.82, 2.24) is 14.8 Å². The number of aromatic nitrogens is 3. The molecule has 0 aromatic carbocycles. The van der Waals surface area contributed by atoms with E-state index in [1.54, 1.807) is 12.6 Å². The molecule has 1 atom stereocenters. The largest absolute Gasteiger partial charge is 0.306 e. The van der Waals surface area contributed by atoms with Gasteiger partial charge in [0.05, 0.1) is 10.8 Å². The van der Waals surface area contributed by atoms with Gasteiger partial charge in [-0.25, -0.2) is 0 Å². The lowest BCUT2D eigenvalue weighted by atomic mass is 9.70. The minimum Gasteiger partial charge on any atom is -0.306 e. The van der Waals surface area contributed by atoms with Crippen LogP contribution in [0.1, 0.15) is 46.5 Å². The summed E-state index contributed by atoms with van der Waals surface area (Å²) in [6, 6.07) is 0. The predicted molar refractivity (Wildman–Crippen MR) is 77.3 cm³/mol. The molecule has 1 aromatic heterocycles. The maximum absolute atomic E-state index is 11.5. The van der Waals surface area contributed by atoms with Gasteiger partial charge in [-0.2, -0.15) is 0 Å². The molecule has 2 rings (SSSR count). The molecular formula is C14H25N3OS. The fourth-order valence-electron chi connectivity index (χ4n) is 3.08. The molecule has 1 fully saturated rings. The Labute approximate surface area is 118 Å². The first-order valence-corrected chi connectivity index (χ1v) is 8.65. The molecule has 108 valence electrons. The van der Waals surface area contributed by atoms with Crippen LogP contribution >= 0.6 is 0 Å². The van der Waals surface area contributed by atoms with Crippen LogP contribution in [-0.4, -0.2) is 25.2 Å². The van der Waals surface area contributed by atoms with Crippen LogP contribution in [0.15, 0.2) is 11.5 Å². The first kappa shape index (κ1) is 14.7. The van der Waals surface area contributed by atoms with E-state index in [2.05, 4.69) is 31.0 Å². The summed E-state index contributed by atoms with van der Waals surface area (Å²) < 4.78 is 13.5. The molecule has 1 saturated carbocycles. The van der Waals surface area contributed by atoms with Crippen molar-refractivity contribution in [2.45, 2.75) is 58.2 Å². The van der Waals surface area contributed by atoms with Gasteiger partial charge in [0.2, 0.25) is 5.16 Å². The van der Waals surface area contributed by atoms with E-state index in [9.17, 15) is 4.21 Å². The summed E-state index contributed by atoms with van der Waals surface area (Å²) in [7, 11) is -1.05. The fraction of sp³-hybridized carbons (Fsp3) is 0.857. The van der Waals surface area contributed by atoms with Crippen molar-refractivity contribution in [3.8, 4) is 0 Å². The Kier molecular flexibility index (Phi) is 4.43. The second-order valence-corrected chi connectivity index (χ2v) is 8.08. The molecule has 19 heavy (non-hydrogen) atoms. The summed E-state index contributed by atoms with van der Waals surface area (Å²) in [5.74, 6) is 1.52. The van der Waals surface area contributed by atoms with Gasteiger partial charge in [-0.3, -0.25) is 4.21 Å². The standard InChI is InChI=1S/C14H25N3OS/c1-14(2,3)12-7-5-11(6-8-12)9-17-10-15-16-13(17)19(4)18/h10-12H,5-9H2,1-4H3/t11?,12?,19-/m0/s1.